The number of hydrogen-bond donors (Lipinski definition) is 2. The van der Waals surface area contributed by atoms with Crippen LogP contribution in [0.4, 0.5) is 0 Å². The molecule has 84 valence electrons. The number of aromatic nitrogens is 1. The highest BCUT2D eigenvalue weighted by Gasteiger charge is 2.47. The summed E-state index contributed by atoms with van der Waals surface area (Å²) < 4.78 is 0. The smallest absolute Gasteiger partial charge is 0.258 e. The van der Waals surface area contributed by atoms with E-state index in [0.717, 1.165) is 5.56 Å². The van der Waals surface area contributed by atoms with Crippen LogP contribution in [0.5, 0.6) is 0 Å². The number of nitrogens with zero attached hydrogens (tertiary/aromatic N) is 1. The van der Waals surface area contributed by atoms with Gasteiger partial charge in [0, 0.05) is 22.9 Å². The summed E-state index contributed by atoms with van der Waals surface area (Å²) in [4.78, 5) is 15.8. The fraction of sp³-hybridized carbons (Fsp3) is 0.0769. The molecule has 0 saturated carbocycles. The number of nitrogens with two attached hydrogens (primary N) is 1. The number of carbonyl (C=O) groups excluding carboxylic acids is 1. The third-order valence-electron chi connectivity index (χ3n) is 3.13. The molecule has 17 heavy (non-hydrogen) atoms. The maximum atomic E-state index is 11.6. The Morgan fingerprint density at radius 1 is 1.18 bits per heavy atom. The first kappa shape index (κ1) is 9.99. The number of rotatable bonds is 1. The van der Waals surface area contributed by atoms with Crippen molar-refractivity contribution in [2.24, 2.45) is 5.73 Å². The lowest BCUT2D eigenvalue weighted by atomic mass is 9.91. The predicted molar refractivity (Wildman–Crippen MR) is 61.9 cm³/mol. The monoisotopic (exact) mass is 226 g/mol. The topological polar surface area (TPSA) is 76.2 Å². The van der Waals surface area contributed by atoms with Crippen molar-refractivity contribution in [1.29, 1.82) is 0 Å². The molecule has 0 radical (unpaired) electrons. The van der Waals surface area contributed by atoms with E-state index in [-0.39, 0.29) is 0 Å². The minimum Gasteiger partial charge on any atom is -0.372 e. The normalized spacial score (nSPS) is 20.8. The highest BCUT2D eigenvalue weighted by atomic mass is 16.3. The summed E-state index contributed by atoms with van der Waals surface area (Å²) in [6.07, 6.45) is 1.63. The number of hydrogen-bond acceptors (Lipinski definition) is 3. The van der Waals surface area contributed by atoms with Crippen LogP contribution < -0.4 is 5.73 Å². The minimum absolute atomic E-state index is 0.453. The SMILES string of the molecule is NC(=O)C1(O)c2ccccc2-c2ncccc21. The van der Waals surface area contributed by atoms with Gasteiger partial charge in [0.05, 0.1) is 5.69 Å². The van der Waals surface area contributed by atoms with Gasteiger partial charge in [-0.2, -0.15) is 0 Å². The Morgan fingerprint density at radius 2 is 1.88 bits per heavy atom. The third-order valence-corrected chi connectivity index (χ3v) is 3.13. The van der Waals surface area contributed by atoms with E-state index in [0.29, 0.717) is 16.8 Å². The molecule has 1 amide bonds. The van der Waals surface area contributed by atoms with Gasteiger partial charge in [-0.3, -0.25) is 9.78 Å². The van der Waals surface area contributed by atoms with Gasteiger partial charge in [0.25, 0.3) is 5.91 Å². The summed E-state index contributed by atoms with van der Waals surface area (Å²) in [6, 6.07) is 10.5. The van der Waals surface area contributed by atoms with Crippen molar-refractivity contribution in [3.63, 3.8) is 0 Å². The number of primary amides is 1. The van der Waals surface area contributed by atoms with Crippen LogP contribution in [0.25, 0.3) is 11.3 Å². The Bertz CT molecular complexity index is 577. The fourth-order valence-corrected chi connectivity index (χ4v) is 2.33. The van der Waals surface area contributed by atoms with Gasteiger partial charge in [-0.1, -0.05) is 30.3 Å². The first-order chi connectivity index (χ1) is 8.15. The van der Waals surface area contributed by atoms with Crippen LogP contribution in [-0.4, -0.2) is 16.0 Å². The summed E-state index contributed by atoms with van der Waals surface area (Å²) in [5, 5.41) is 10.6. The van der Waals surface area contributed by atoms with Crippen molar-refractivity contribution < 1.29 is 9.90 Å². The number of carbonyl (C=O) groups is 1. The second kappa shape index (κ2) is 3.15. The Balaban J connectivity index is 2.43. The molecule has 4 heteroatoms. The molecule has 2 aromatic rings. The average Bonchev–Trinajstić information content (AvgIpc) is 2.63. The van der Waals surface area contributed by atoms with Crippen LogP contribution in [0.15, 0.2) is 42.6 Å². The lowest BCUT2D eigenvalue weighted by Gasteiger charge is -2.20. The molecule has 0 fully saturated rings. The molecule has 1 unspecified atom stereocenters. The average molecular weight is 226 g/mol. The summed E-state index contributed by atoms with van der Waals surface area (Å²) in [7, 11) is 0. The van der Waals surface area contributed by atoms with Crippen LogP contribution in [0.2, 0.25) is 0 Å². The van der Waals surface area contributed by atoms with E-state index in [2.05, 4.69) is 4.98 Å². The molecule has 1 aromatic carbocycles. The summed E-state index contributed by atoms with van der Waals surface area (Å²) in [5.74, 6) is -0.781. The first-order valence-corrected chi connectivity index (χ1v) is 5.23. The molecule has 1 aliphatic rings. The molecular formula is C13H10N2O2. The fourth-order valence-electron chi connectivity index (χ4n) is 2.33. The molecule has 0 aliphatic heterocycles. The zero-order chi connectivity index (χ0) is 12.0. The van der Waals surface area contributed by atoms with Crippen LogP contribution in [0.1, 0.15) is 11.1 Å². The van der Waals surface area contributed by atoms with E-state index < -0.39 is 11.5 Å². The van der Waals surface area contributed by atoms with Crippen molar-refractivity contribution in [2.75, 3.05) is 0 Å². The van der Waals surface area contributed by atoms with Gasteiger partial charge in [-0.15, -0.1) is 0 Å². The first-order valence-electron chi connectivity index (χ1n) is 5.23. The summed E-state index contributed by atoms with van der Waals surface area (Å²) in [5.41, 5.74) is 5.90. The van der Waals surface area contributed by atoms with Gasteiger partial charge in [0.15, 0.2) is 5.60 Å². The van der Waals surface area contributed by atoms with E-state index in [4.69, 9.17) is 5.73 Å². The van der Waals surface area contributed by atoms with Crippen molar-refractivity contribution in [3.8, 4) is 11.3 Å². The molecule has 4 nitrogen and oxygen atoms in total. The second-order valence-corrected chi connectivity index (χ2v) is 4.02. The van der Waals surface area contributed by atoms with Crippen LogP contribution in [-0.2, 0) is 10.4 Å². The highest BCUT2D eigenvalue weighted by Crippen LogP contribution is 2.45. The van der Waals surface area contributed by atoms with E-state index in [1.807, 2.05) is 12.1 Å². The molecule has 0 saturated heterocycles. The zero-order valence-electron chi connectivity index (χ0n) is 8.92. The molecule has 1 atom stereocenters. The highest BCUT2D eigenvalue weighted by molar-refractivity contribution is 5.96. The number of pyridine rings is 1. The summed E-state index contributed by atoms with van der Waals surface area (Å²) in [6.45, 7) is 0. The van der Waals surface area contributed by atoms with Gasteiger partial charge >= 0.3 is 0 Å². The van der Waals surface area contributed by atoms with E-state index in [1.165, 1.54) is 0 Å². The Morgan fingerprint density at radius 3 is 2.65 bits per heavy atom. The Labute approximate surface area is 97.7 Å². The van der Waals surface area contributed by atoms with Gasteiger partial charge < -0.3 is 10.8 Å². The van der Waals surface area contributed by atoms with Crippen molar-refractivity contribution in [2.45, 2.75) is 5.60 Å². The van der Waals surface area contributed by atoms with Crippen molar-refractivity contribution >= 4 is 5.91 Å². The van der Waals surface area contributed by atoms with Gasteiger partial charge in [0.2, 0.25) is 0 Å². The second-order valence-electron chi connectivity index (χ2n) is 4.02. The minimum atomic E-state index is -1.76. The van der Waals surface area contributed by atoms with E-state index in [9.17, 15) is 9.90 Å². The van der Waals surface area contributed by atoms with Crippen LogP contribution in [0.3, 0.4) is 0 Å². The third kappa shape index (κ3) is 1.10. The number of benzene rings is 1. The maximum Gasteiger partial charge on any atom is 0.258 e. The molecule has 0 spiro atoms. The van der Waals surface area contributed by atoms with Gasteiger partial charge in [0.1, 0.15) is 0 Å². The van der Waals surface area contributed by atoms with E-state index >= 15 is 0 Å². The van der Waals surface area contributed by atoms with Gasteiger partial charge in [-0.05, 0) is 6.07 Å². The predicted octanol–water partition coefficient (Wildman–Crippen LogP) is 0.783. The van der Waals surface area contributed by atoms with E-state index in [1.54, 1.807) is 30.5 Å². The largest absolute Gasteiger partial charge is 0.372 e. The molecule has 1 aliphatic carbocycles. The Kier molecular flexibility index (Phi) is 1.85. The molecule has 1 aromatic heterocycles. The van der Waals surface area contributed by atoms with Crippen molar-refractivity contribution in [3.05, 3.63) is 53.7 Å². The van der Waals surface area contributed by atoms with Gasteiger partial charge in [-0.25, -0.2) is 0 Å². The Hall–Kier alpha value is -2.20. The molecule has 0 bridgehead atoms. The number of fused-ring (bicyclic) bond motifs is 3. The van der Waals surface area contributed by atoms with Crippen LogP contribution in [0, 0.1) is 0 Å². The summed E-state index contributed by atoms with van der Waals surface area (Å²) >= 11 is 0. The number of aliphatic hydroxyl groups is 1. The number of amides is 1. The van der Waals surface area contributed by atoms with Crippen LogP contribution >= 0.6 is 0 Å². The zero-order valence-corrected chi connectivity index (χ0v) is 8.92. The quantitative estimate of drug-likeness (QED) is 0.754. The molecule has 3 rings (SSSR count). The maximum absolute atomic E-state index is 11.6. The molecule has 3 N–H and O–H groups in total. The molecule has 1 heterocycles. The molecular weight excluding hydrogens is 216 g/mol. The standard InChI is InChI=1S/C13H10N2O2/c14-12(16)13(17)9-5-2-1-4-8(9)11-10(13)6-3-7-15-11/h1-7,17H,(H2,14,16). The lowest BCUT2D eigenvalue weighted by Crippen LogP contribution is -2.40. The lowest BCUT2D eigenvalue weighted by molar-refractivity contribution is -0.132. The van der Waals surface area contributed by atoms with Crippen molar-refractivity contribution in [1.82, 2.24) is 4.98 Å².